The molecule has 0 bridgehead atoms. The lowest BCUT2D eigenvalue weighted by Crippen LogP contribution is -2.17. The Kier molecular flexibility index (Phi) is 1.92. The van der Waals surface area contributed by atoms with E-state index in [1.54, 1.807) is 24.3 Å². The van der Waals surface area contributed by atoms with Crippen molar-refractivity contribution in [1.29, 1.82) is 5.41 Å². The molecule has 0 radical (unpaired) electrons. The molecular formula is C11H5NO2S2. The van der Waals surface area contributed by atoms with Crippen molar-refractivity contribution in [3.63, 3.8) is 0 Å². The van der Waals surface area contributed by atoms with Crippen LogP contribution in [0.25, 0.3) is 0 Å². The average Bonchev–Trinajstić information content (AvgIpc) is 2.68. The van der Waals surface area contributed by atoms with Gasteiger partial charge in [-0.2, -0.15) is 0 Å². The monoisotopic (exact) mass is 247 g/mol. The first-order valence-electron chi connectivity index (χ1n) is 4.55. The van der Waals surface area contributed by atoms with Gasteiger partial charge in [0, 0.05) is 11.1 Å². The van der Waals surface area contributed by atoms with E-state index in [0.717, 1.165) is 22.7 Å². The third-order valence-corrected chi connectivity index (χ3v) is 4.61. The van der Waals surface area contributed by atoms with Crippen LogP contribution in [0.2, 0.25) is 0 Å². The molecule has 0 amide bonds. The van der Waals surface area contributed by atoms with Crippen molar-refractivity contribution in [2.24, 2.45) is 0 Å². The molecule has 16 heavy (non-hydrogen) atoms. The number of rotatable bonds is 0. The van der Waals surface area contributed by atoms with E-state index in [1.807, 2.05) is 0 Å². The van der Waals surface area contributed by atoms with Crippen LogP contribution in [0.3, 0.4) is 0 Å². The van der Waals surface area contributed by atoms with E-state index in [9.17, 15) is 9.59 Å². The maximum atomic E-state index is 12.0. The number of benzene rings is 1. The van der Waals surface area contributed by atoms with Crippen molar-refractivity contribution in [2.45, 2.75) is 0 Å². The predicted octanol–water partition coefficient (Wildman–Crippen LogP) is 2.06. The van der Waals surface area contributed by atoms with Crippen molar-refractivity contribution < 1.29 is 9.59 Å². The highest BCUT2D eigenvalue weighted by Gasteiger charge is 2.31. The molecule has 0 unspecified atom stereocenters. The summed E-state index contributed by atoms with van der Waals surface area (Å²) >= 11 is 2.16. The molecule has 0 spiro atoms. The van der Waals surface area contributed by atoms with E-state index >= 15 is 0 Å². The molecule has 0 atom stereocenters. The lowest BCUT2D eigenvalue weighted by atomic mass is 9.93. The van der Waals surface area contributed by atoms with E-state index in [4.69, 9.17) is 5.41 Å². The van der Waals surface area contributed by atoms with E-state index in [0.29, 0.717) is 24.9 Å². The zero-order chi connectivity index (χ0) is 11.3. The summed E-state index contributed by atoms with van der Waals surface area (Å²) in [4.78, 5) is 24.9. The van der Waals surface area contributed by atoms with Crippen LogP contribution in [0.5, 0.6) is 0 Å². The van der Waals surface area contributed by atoms with Gasteiger partial charge in [0.15, 0.2) is 3.98 Å². The maximum absolute atomic E-state index is 12.0. The number of hydrogen-bond donors (Lipinski definition) is 1. The average molecular weight is 247 g/mol. The molecule has 1 heterocycles. The summed E-state index contributed by atoms with van der Waals surface area (Å²) < 4.78 is 0.291. The van der Waals surface area contributed by atoms with Gasteiger partial charge in [0.1, 0.15) is 0 Å². The van der Waals surface area contributed by atoms with Crippen LogP contribution in [0, 0.1) is 5.41 Å². The predicted molar refractivity (Wildman–Crippen MR) is 61.4 cm³/mol. The van der Waals surface area contributed by atoms with Crippen LogP contribution in [0.4, 0.5) is 0 Å². The Morgan fingerprint density at radius 2 is 1.31 bits per heavy atom. The molecule has 78 valence electrons. The second kappa shape index (κ2) is 3.20. The van der Waals surface area contributed by atoms with Gasteiger partial charge in [-0.15, -0.1) is 22.7 Å². The Morgan fingerprint density at radius 3 is 1.75 bits per heavy atom. The van der Waals surface area contributed by atoms with Gasteiger partial charge >= 0.3 is 0 Å². The minimum atomic E-state index is -0.134. The summed E-state index contributed by atoms with van der Waals surface area (Å²) in [5.41, 5.74) is 0.906. The molecule has 1 aromatic carbocycles. The van der Waals surface area contributed by atoms with Crippen LogP contribution in [0.1, 0.15) is 30.5 Å². The van der Waals surface area contributed by atoms with Crippen molar-refractivity contribution in [2.75, 3.05) is 0 Å². The van der Waals surface area contributed by atoms with Gasteiger partial charge in [-0.3, -0.25) is 15.0 Å². The van der Waals surface area contributed by atoms with E-state index < -0.39 is 0 Å². The van der Waals surface area contributed by atoms with E-state index in [1.165, 1.54) is 0 Å². The lowest BCUT2D eigenvalue weighted by Gasteiger charge is -2.12. The summed E-state index contributed by atoms with van der Waals surface area (Å²) in [5, 5.41) is 7.51. The zero-order valence-corrected chi connectivity index (χ0v) is 9.58. The van der Waals surface area contributed by atoms with Crippen molar-refractivity contribution in [1.82, 2.24) is 0 Å². The second-order valence-electron chi connectivity index (χ2n) is 3.35. The molecule has 1 aliphatic carbocycles. The zero-order valence-electron chi connectivity index (χ0n) is 7.94. The summed E-state index contributed by atoms with van der Waals surface area (Å²) in [6.45, 7) is 0. The topological polar surface area (TPSA) is 58.0 Å². The normalized spacial score (nSPS) is 13.5. The fourth-order valence-electron chi connectivity index (χ4n) is 1.72. The standard InChI is InChI=1S/C11H5NO2S2/c12-11-15-9-7(13)5-3-1-2-4-6(5)8(14)10(9)16-11/h1-4,12H. The van der Waals surface area contributed by atoms with Crippen LogP contribution in [-0.2, 0) is 0 Å². The highest BCUT2D eigenvalue weighted by Crippen LogP contribution is 2.30. The SMILES string of the molecule is N=c1sc2c(s1)C(=O)c1ccccc1C2=O. The Labute approximate surface area is 98.5 Å². The number of carbonyl (C=O) groups is 2. The third kappa shape index (κ3) is 1.15. The molecule has 0 saturated carbocycles. The molecular weight excluding hydrogens is 242 g/mol. The first-order chi connectivity index (χ1) is 7.68. The fraction of sp³-hybridized carbons (Fsp3) is 0. The van der Waals surface area contributed by atoms with Crippen molar-refractivity contribution in [3.8, 4) is 0 Å². The van der Waals surface area contributed by atoms with Gasteiger partial charge in [0.05, 0.1) is 9.75 Å². The van der Waals surface area contributed by atoms with Crippen LogP contribution in [-0.4, -0.2) is 11.6 Å². The summed E-state index contributed by atoms with van der Waals surface area (Å²) in [6.07, 6.45) is 0. The smallest absolute Gasteiger partial charge is 0.205 e. The minimum Gasteiger partial charge on any atom is -0.288 e. The quantitative estimate of drug-likeness (QED) is 0.661. The van der Waals surface area contributed by atoms with Crippen molar-refractivity contribution >= 4 is 34.2 Å². The molecule has 0 fully saturated rings. The first-order valence-corrected chi connectivity index (χ1v) is 6.19. The van der Waals surface area contributed by atoms with Gasteiger partial charge in [0.2, 0.25) is 11.6 Å². The van der Waals surface area contributed by atoms with Gasteiger partial charge in [0.25, 0.3) is 0 Å². The Hall–Kier alpha value is -1.59. The second-order valence-corrected chi connectivity index (χ2v) is 5.65. The van der Waals surface area contributed by atoms with E-state index in [2.05, 4.69) is 0 Å². The van der Waals surface area contributed by atoms with Crippen LogP contribution >= 0.6 is 22.7 Å². The maximum Gasteiger partial charge on any atom is 0.205 e. The molecule has 3 nitrogen and oxygen atoms in total. The van der Waals surface area contributed by atoms with Crippen molar-refractivity contribution in [3.05, 3.63) is 49.1 Å². The number of carbonyl (C=O) groups excluding carboxylic acids is 2. The fourth-order valence-corrected chi connectivity index (χ4v) is 3.79. The van der Waals surface area contributed by atoms with Crippen LogP contribution < -0.4 is 3.98 Å². The van der Waals surface area contributed by atoms with Gasteiger partial charge < -0.3 is 0 Å². The molecule has 1 N–H and O–H groups in total. The van der Waals surface area contributed by atoms with Gasteiger partial charge in [-0.25, -0.2) is 0 Å². The summed E-state index contributed by atoms with van der Waals surface area (Å²) in [6, 6.07) is 6.81. The number of nitrogens with one attached hydrogen (secondary N) is 1. The number of ketones is 2. The first kappa shape index (κ1) is 9.62. The molecule has 2 aromatic rings. The number of hydrogen-bond acceptors (Lipinski definition) is 5. The Bertz CT molecular complexity index is 626. The molecule has 5 heteroatoms. The molecule has 0 aliphatic heterocycles. The highest BCUT2D eigenvalue weighted by atomic mass is 32.2. The largest absolute Gasteiger partial charge is 0.288 e. The molecule has 3 rings (SSSR count). The summed E-state index contributed by atoms with van der Waals surface area (Å²) in [5.74, 6) is -0.269. The third-order valence-electron chi connectivity index (χ3n) is 2.42. The van der Waals surface area contributed by atoms with Gasteiger partial charge in [-0.1, -0.05) is 24.3 Å². The van der Waals surface area contributed by atoms with Crippen LogP contribution in [0.15, 0.2) is 24.3 Å². The molecule has 0 saturated heterocycles. The number of fused-ring (bicyclic) bond motifs is 2. The summed E-state index contributed by atoms with van der Waals surface area (Å²) in [7, 11) is 0. The minimum absolute atomic E-state index is 0.134. The highest BCUT2D eigenvalue weighted by molar-refractivity contribution is 7.30. The lowest BCUT2D eigenvalue weighted by molar-refractivity contribution is 0.0985. The molecule has 1 aliphatic rings. The Balaban J connectivity index is 2.38. The van der Waals surface area contributed by atoms with Gasteiger partial charge in [-0.05, 0) is 0 Å². The van der Waals surface area contributed by atoms with E-state index in [-0.39, 0.29) is 11.6 Å². The molecule has 1 aromatic heterocycles. The Morgan fingerprint density at radius 1 is 0.875 bits per heavy atom.